The number of benzene rings is 1. The normalized spacial score (nSPS) is 19.9. The van der Waals surface area contributed by atoms with Crippen LogP contribution in [0.5, 0.6) is 0 Å². The highest BCUT2D eigenvalue weighted by molar-refractivity contribution is 5.74. The number of ether oxygens (including phenoxy) is 1. The molecule has 1 atom stereocenters. The molecule has 1 aromatic heterocycles. The van der Waals surface area contributed by atoms with Gasteiger partial charge in [-0.3, -0.25) is 4.98 Å². The number of H-pyrrole nitrogens is 1. The Morgan fingerprint density at radius 1 is 1.41 bits per heavy atom. The Morgan fingerprint density at radius 2 is 2.24 bits per heavy atom. The van der Waals surface area contributed by atoms with Crippen molar-refractivity contribution in [3.05, 3.63) is 34.3 Å². The van der Waals surface area contributed by atoms with Crippen molar-refractivity contribution < 1.29 is 13.9 Å². The van der Waals surface area contributed by atoms with Crippen molar-refractivity contribution in [1.29, 1.82) is 0 Å². The van der Waals surface area contributed by atoms with Gasteiger partial charge in [-0.05, 0) is 17.7 Å². The number of cyclic esters (lactones) is 1. The number of hydrogen-bond donors (Lipinski definition) is 1. The van der Waals surface area contributed by atoms with Gasteiger partial charge in [0.1, 0.15) is 6.10 Å². The summed E-state index contributed by atoms with van der Waals surface area (Å²) in [6.45, 7) is 0.499. The predicted octanol–water partition coefficient (Wildman–Crippen LogP) is 1.24. The average Bonchev–Trinajstić information content (AvgIpc) is 2.80. The van der Waals surface area contributed by atoms with E-state index >= 15 is 0 Å². The quantitative estimate of drug-likeness (QED) is 0.805. The molecule has 1 amide bonds. The second-order valence-electron chi connectivity index (χ2n) is 4.02. The molecule has 1 fully saturated rings. The summed E-state index contributed by atoms with van der Waals surface area (Å²) in [5.41, 5.74) is 1.92. The zero-order valence-electron chi connectivity index (χ0n) is 9.10. The van der Waals surface area contributed by atoms with E-state index in [1.165, 1.54) is 4.90 Å². The Kier molecular flexibility index (Phi) is 1.98. The van der Waals surface area contributed by atoms with Crippen LogP contribution in [0.2, 0.25) is 0 Å². The van der Waals surface area contributed by atoms with Crippen LogP contribution in [0, 0.1) is 0 Å². The lowest BCUT2D eigenvalue weighted by atomic mass is 10.1. The third kappa shape index (κ3) is 1.57. The zero-order valence-corrected chi connectivity index (χ0v) is 9.10. The van der Waals surface area contributed by atoms with Gasteiger partial charge in [0.25, 0.3) is 0 Å². The molecule has 0 radical (unpaired) electrons. The van der Waals surface area contributed by atoms with Gasteiger partial charge < -0.3 is 14.1 Å². The molecule has 1 aliphatic heterocycles. The number of nitrogens with one attached hydrogen (secondary N) is 1. The van der Waals surface area contributed by atoms with Gasteiger partial charge in [-0.2, -0.15) is 0 Å². The van der Waals surface area contributed by atoms with Crippen LogP contribution >= 0.6 is 0 Å². The smallest absolute Gasteiger partial charge is 0.417 e. The minimum Gasteiger partial charge on any atom is -0.439 e. The first-order chi connectivity index (χ1) is 8.13. The highest BCUT2D eigenvalue weighted by atomic mass is 16.6. The molecule has 6 heteroatoms. The SMILES string of the molecule is CN1CC(c2ccc3[nH]c(=O)oc3c2)OC1=O. The summed E-state index contributed by atoms with van der Waals surface area (Å²) in [5, 5.41) is 0. The first-order valence-corrected chi connectivity index (χ1v) is 5.18. The Bertz CT molecular complexity index is 642. The maximum Gasteiger partial charge on any atom is 0.417 e. The Hall–Kier alpha value is -2.24. The minimum atomic E-state index is -0.488. The van der Waals surface area contributed by atoms with E-state index in [9.17, 15) is 9.59 Å². The van der Waals surface area contributed by atoms with E-state index in [1.54, 1.807) is 19.2 Å². The van der Waals surface area contributed by atoms with Crippen molar-refractivity contribution in [1.82, 2.24) is 9.88 Å². The van der Waals surface area contributed by atoms with Gasteiger partial charge >= 0.3 is 11.8 Å². The number of aromatic amines is 1. The largest absolute Gasteiger partial charge is 0.439 e. The van der Waals surface area contributed by atoms with Gasteiger partial charge in [0.15, 0.2) is 5.58 Å². The van der Waals surface area contributed by atoms with Gasteiger partial charge in [0.05, 0.1) is 12.1 Å². The lowest BCUT2D eigenvalue weighted by Crippen LogP contribution is -2.17. The van der Waals surface area contributed by atoms with Crippen LogP contribution in [0.1, 0.15) is 11.7 Å². The second kappa shape index (κ2) is 3.38. The van der Waals surface area contributed by atoms with Crippen molar-refractivity contribution in [2.75, 3.05) is 13.6 Å². The Labute approximate surface area is 95.8 Å². The predicted molar refractivity (Wildman–Crippen MR) is 58.7 cm³/mol. The van der Waals surface area contributed by atoms with Gasteiger partial charge in [-0.25, -0.2) is 9.59 Å². The van der Waals surface area contributed by atoms with Crippen LogP contribution in [0.3, 0.4) is 0 Å². The molecule has 0 saturated carbocycles. The van der Waals surface area contributed by atoms with Gasteiger partial charge in [-0.15, -0.1) is 0 Å². The minimum absolute atomic E-state index is 0.308. The molecule has 2 aromatic rings. The van der Waals surface area contributed by atoms with Crippen LogP contribution in [0.15, 0.2) is 27.4 Å². The first-order valence-electron chi connectivity index (χ1n) is 5.18. The van der Waals surface area contributed by atoms with Crippen molar-refractivity contribution in [2.45, 2.75) is 6.10 Å². The third-order valence-electron chi connectivity index (χ3n) is 2.81. The van der Waals surface area contributed by atoms with Crippen LogP contribution in [0.25, 0.3) is 11.1 Å². The van der Waals surface area contributed by atoms with Crippen molar-refractivity contribution in [2.24, 2.45) is 0 Å². The molecule has 2 heterocycles. The van der Waals surface area contributed by atoms with E-state index < -0.39 is 5.76 Å². The first kappa shape index (κ1) is 9.95. The van der Waals surface area contributed by atoms with E-state index in [0.717, 1.165) is 5.56 Å². The number of aromatic nitrogens is 1. The topological polar surface area (TPSA) is 75.5 Å². The summed E-state index contributed by atoms with van der Waals surface area (Å²) in [7, 11) is 1.68. The Balaban J connectivity index is 2.01. The molecule has 0 aliphatic carbocycles. The standard InChI is InChI=1S/C11H10N2O4/c1-13-5-9(17-11(13)15)6-2-3-7-8(4-6)16-10(14)12-7/h2-4,9H,5H2,1H3,(H,12,14). The molecule has 88 valence electrons. The van der Waals surface area contributed by atoms with E-state index in [1.807, 2.05) is 6.07 Å². The number of likely N-dealkylation sites (N-methyl/N-ethyl adjacent to an activating group) is 1. The number of hydrogen-bond acceptors (Lipinski definition) is 4. The maximum atomic E-state index is 11.2. The fraction of sp³-hybridized carbons (Fsp3) is 0.273. The average molecular weight is 234 g/mol. The number of carbonyl (C=O) groups is 1. The molecular formula is C11H10N2O4. The summed E-state index contributed by atoms with van der Waals surface area (Å²) in [4.78, 5) is 26.3. The summed E-state index contributed by atoms with van der Waals surface area (Å²) >= 11 is 0. The number of carbonyl (C=O) groups excluding carboxylic acids is 1. The third-order valence-corrected chi connectivity index (χ3v) is 2.81. The van der Waals surface area contributed by atoms with E-state index in [4.69, 9.17) is 9.15 Å². The van der Waals surface area contributed by atoms with Gasteiger partial charge in [0.2, 0.25) is 0 Å². The van der Waals surface area contributed by atoms with Gasteiger partial charge in [0, 0.05) is 7.05 Å². The van der Waals surface area contributed by atoms with Crippen LogP contribution in [0.4, 0.5) is 4.79 Å². The summed E-state index contributed by atoms with van der Waals surface area (Å²) in [6.07, 6.45) is -0.650. The number of fused-ring (bicyclic) bond motifs is 1. The number of nitrogens with zero attached hydrogens (tertiary/aromatic N) is 1. The van der Waals surface area contributed by atoms with Crippen LogP contribution < -0.4 is 5.76 Å². The molecule has 6 nitrogen and oxygen atoms in total. The van der Waals surface area contributed by atoms with Crippen molar-refractivity contribution in [3.63, 3.8) is 0 Å². The fourth-order valence-electron chi connectivity index (χ4n) is 1.91. The molecule has 17 heavy (non-hydrogen) atoms. The molecule has 3 rings (SSSR count). The molecular weight excluding hydrogens is 224 g/mol. The molecule has 0 spiro atoms. The van der Waals surface area contributed by atoms with E-state index in [2.05, 4.69) is 4.98 Å². The molecule has 1 unspecified atom stereocenters. The Morgan fingerprint density at radius 3 is 2.94 bits per heavy atom. The molecule has 1 aliphatic rings. The van der Waals surface area contributed by atoms with Crippen LogP contribution in [-0.4, -0.2) is 29.6 Å². The van der Waals surface area contributed by atoms with Crippen molar-refractivity contribution >= 4 is 17.2 Å². The van der Waals surface area contributed by atoms with Crippen LogP contribution in [-0.2, 0) is 4.74 Å². The monoisotopic (exact) mass is 234 g/mol. The maximum absolute atomic E-state index is 11.2. The number of amides is 1. The molecule has 1 aromatic carbocycles. The van der Waals surface area contributed by atoms with E-state index in [0.29, 0.717) is 17.6 Å². The second-order valence-corrected chi connectivity index (χ2v) is 4.02. The molecule has 0 bridgehead atoms. The van der Waals surface area contributed by atoms with Crippen molar-refractivity contribution in [3.8, 4) is 0 Å². The molecule has 1 N–H and O–H groups in total. The summed E-state index contributed by atoms with van der Waals surface area (Å²) < 4.78 is 10.1. The highest BCUT2D eigenvalue weighted by Gasteiger charge is 2.29. The lowest BCUT2D eigenvalue weighted by molar-refractivity contribution is 0.135. The van der Waals surface area contributed by atoms with E-state index in [-0.39, 0.29) is 12.2 Å². The molecule has 1 saturated heterocycles. The fourth-order valence-corrected chi connectivity index (χ4v) is 1.91. The summed E-state index contributed by atoms with van der Waals surface area (Å²) in [6, 6.07) is 5.26. The summed E-state index contributed by atoms with van der Waals surface area (Å²) in [5.74, 6) is -0.488. The number of rotatable bonds is 1. The van der Waals surface area contributed by atoms with Gasteiger partial charge in [-0.1, -0.05) is 6.07 Å². The zero-order chi connectivity index (χ0) is 12.0. The highest BCUT2D eigenvalue weighted by Crippen LogP contribution is 2.26. The lowest BCUT2D eigenvalue weighted by Gasteiger charge is -2.07. The number of oxazole rings is 1.